The third-order valence-corrected chi connectivity index (χ3v) is 4.89. The third-order valence-electron chi connectivity index (χ3n) is 4.89. The van der Waals surface area contributed by atoms with Crippen molar-refractivity contribution in [2.45, 2.75) is 25.8 Å². The highest BCUT2D eigenvalue weighted by Crippen LogP contribution is 2.33. The standard InChI is InChI=1S/C23H20N4O2/c1-15-5-7-16(8-6-15)18-12-21(20-4-2-3-11-25-20)27-23(19(18)13-24)29-14-17-9-10-22(28)26-17/h2-8,11-12,17H,9-10,14H2,1H3,(H,26,28)/t17-/m1/s1. The van der Waals surface area contributed by atoms with Crippen LogP contribution in [0.3, 0.4) is 0 Å². The summed E-state index contributed by atoms with van der Waals surface area (Å²) in [7, 11) is 0. The van der Waals surface area contributed by atoms with Crippen molar-refractivity contribution >= 4 is 5.91 Å². The number of amides is 1. The summed E-state index contributed by atoms with van der Waals surface area (Å²) in [5, 5.41) is 12.7. The SMILES string of the molecule is Cc1ccc(-c2cc(-c3ccccn3)nc(OC[C@H]3CCC(=O)N3)c2C#N)cc1. The Bertz CT molecular complexity index is 1070. The molecule has 0 radical (unpaired) electrons. The van der Waals surface area contributed by atoms with E-state index in [-0.39, 0.29) is 24.4 Å². The fraction of sp³-hybridized carbons (Fsp3) is 0.217. The van der Waals surface area contributed by atoms with Crippen LogP contribution in [-0.4, -0.2) is 28.5 Å². The number of nitrogens with zero attached hydrogens (tertiary/aromatic N) is 3. The molecule has 3 aromatic rings. The van der Waals surface area contributed by atoms with Gasteiger partial charge in [0.05, 0.1) is 17.4 Å². The molecule has 4 rings (SSSR count). The molecular formula is C23H20N4O2. The molecule has 1 aliphatic rings. The normalized spacial score (nSPS) is 15.6. The molecular weight excluding hydrogens is 364 g/mol. The van der Waals surface area contributed by atoms with Gasteiger partial charge in [0.25, 0.3) is 0 Å². The van der Waals surface area contributed by atoms with Gasteiger partial charge in [-0.05, 0) is 37.1 Å². The zero-order valence-electron chi connectivity index (χ0n) is 16.1. The van der Waals surface area contributed by atoms with Crippen LogP contribution in [0.5, 0.6) is 5.88 Å². The van der Waals surface area contributed by atoms with Crippen molar-refractivity contribution in [2.24, 2.45) is 0 Å². The monoisotopic (exact) mass is 384 g/mol. The minimum atomic E-state index is -0.0721. The predicted molar refractivity (Wildman–Crippen MR) is 109 cm³/mol. The van der Waals surface area contributed by atoms with Crippen LogP contribution < -0.4 is 10.1 Å². The van der Waals surface area contributed by atoms with Gasteiger partial charge in [0.2, 0.25) is 11.8 Å². The first kappa shape index (κ1) is 18.6. The van der Waals surface area contributed by atoms with Crippen molar-refractivity contribution in [1.82, 2.24) is 15.3 Å². The van der Waals surface area contributed by atoms with Gasteiger partial charge in [-0.1, -0.05) is 35.9 Å². The lowest BCUT2D eigenvalue weighted by atomic mass is 9.99. The Balaban J connectivity index is 1.77. The van der Waals surface area contributed by atoms with E-state index in [1.54, 1.807) is 6.20 Å². The number of hydrogen-bond donors (Lipinski definition) is 1. The molecule has 1 atom stereocenters. The quantitative estimate of drug-likeness (QED) is 0.725. The van der Waals surface area contributed by atoms with Gasteiger partial charge in [0.15, 0.2) is 0 Å². The van der Waals surface area contributed by atoms with Gasteiger partial charge < -0.3 is 10.1 Å². The summed E-state index contributed by atoms with van der Waals surface area (Å²) in [6, 6.07) is 17.6. The van der Waals surface area contributed by atoms with E-state index in [0.717, 1.165) is 16.7 Å². The van der Waals surface area contributed by atoms with Gasteiger partial charge in [-0.2, -0.15) is 5.26 Å². The number of benzene rings is 1. The first-order chi connectivity index (χ1) is 14.1. The van der Waals surface area contributed by atoms with E-state index in [1.165, 1.54) is 0 Å². The largest absolute Gasteiger partial charge is 0.475 e. The van der Waals surface area contributed by atoms with Crippen LogP contribution in [0.1, 0.15) is 24.0 Å². The van der Waals surface area contributed by atoms with Crippen LogP contribution in [0.25, 0.3) is 22.5 Å². The van der Waals surface area contributed by atoms with E-state index in [0.29, 0.717) is 29.8 Å². The van der Waals surface area contributed by atoms with Crippen molar-refractivity contribution in [2.75, 3.05) is 6.61 Å². The summed E-state index contributed by atoms with van der Waals surface area (Å²) in [5.74, 6) is 0.280. The number of carbonyl (C=O) groups excluding carboxylic acids is 1. The molecule has 0 spiro atoms. The summed E-state index contributed by atoms with van der Waals surface area (Å²) in [6.07, 6.45) is 2.91. The summed E-state index contributed by atoms with van der Waals surface area (Å²) in [4.78, 5) is 20.4. The van der Waals surface area contributed by atoms with Crippen molar-refractivity contribution in [3.05, 3.63) is 65.9 Å². The minimum absolute atomic E-state index is 0.0228. The van der Waals surface area contributed by atoms with E-state index >= 15 is 0 Å². The number of aromatic nitrogens is 2. The van der Waals surface area contributed by atoms with Crippen molar-refractivity contribution < 1.29 is 9.53 Å². The molecule has 6 heteroatoms. The molecule has 144 valence electrons. The van der Waals surface area contributed by atoms with E-state index < -0.39 is 0 Å². The lowest BCUT2D eigenvalue weighted by Crippen LogP contribution is -2.31. The van der Waals surface area contributed by atoms with Gasteiger partial charge in [-0.15, -0.1) is 0 Å². The number of nitrogens with one attached hydrogen (secondary N) is 1. The van der Waals surface area contributed by atoms with Crippen LogP contribution in [-0.2, 0) is 4.79 Å². The predicted octanol–water partition coefficient (Wildman–Crippen LogP) is 3.65. The zero-order chi connectivity index (χ0) is 20.2. The molecule has 6 nitrogen and oxygen atoms in total. The van der Waals surface area contributed by atoms with E-state index in [2.05, 4.69) is 21.4 Å². The van der Waals surface area contributed by atoms with Gasteiger partial charge in [-0.25, -0.2) is 4.98 Å². The highest BCUT2D eigenvalue weighted by atomic mass is 16.5. The number of hydrogen-bond acceptors (Lipinski definition) is 5. The minimum Gasteiger partial charge on any atom is -0.475 e. The summed E-state index contributed by atoms with van der Waals surface area (Å²) >= 11 is 0. The maximum atomic E-state index is 11.5. The van der Waals surface area contributed by atoms with Gasteiger partial charge in [0, 0.05) is 18.2 Å². The van der Waals surface area contributed by atoms with Gasteiger partial charge in [-0.3, -0.25) is 9.78 Å². The van der Waals surface area contributed by atoms with Crippen LogP contribution >= 0.6 is 0 Å². The van der Waals surface area contributed by atoms with Crippen LogP contribution in [0.15, 0.2) is 54.7 Å². The molecule has 1 N–H and O–H groups in total. The van der Waals surface area contributed by atoms with E-state index in [4.69, 9.17) is 4.74 Å². The smallest absolute Gasteiger partial charge is 0.233 e. The Morgan fingerprint density at radius 1 is 1.21 bits per heavy atom. The first-order valence-electron chi connectivity index (χ1n) is 9.50. The molecule has 3 heterocycles. The molecule has 0 saturated carbocycles. The number of nitriles is 1. The van der Waals surface area contributed by atoms with Crippen molar-refractivity contribution in [1.29, 1.82) is 5.26 Å². The highest BCUT2D eigenvalue weighted by Gasteiger charge is 2.23. The average Bonchev–Trinajstić information content (AvgIpc) is 3.18. The number of aryl methyl sites for hydroxylation is 1. The molecule has 29 heavy (non-hydrogen) atoms. The maximum absolute atomic E-state index is 11.5. The Labute approximate surface area is 169 Å². The van der Waals surface area contributed by atoms with Gasteiger partial charge >= 0.3 is 0 Å². The Morgan fingerprint density at radius 3 is 2.69 bits per heavy atom. The summed E-state index contributed by atoms with van der Waals surface area (Å²) in [6.45, 7) is 2.29. The topological polar surface area (TPSA) is 87.9 Å². The average molecular weight is 384 g/mol. The van der Waals surface area contributed by atoms with Crippen molar-refractivity contribution in [3.8, 4) is 34.5 Å². The second kappa shape index (κ2) is 8.11. The number of rotatable bonds is 5. The number of pyridine rings is 2. The van der Waals surface area contributed by atoms with E-state index in [1.807, 2.05) is 55.5 Å². The molecule has 1 amide bonds. The fourth-order valence-electron chi connectivity index (χ4n) is 3.32. The lowest BCUT2D eigenvalue weighted by Gasteiger charge is -2.15. The Morgan fingerprint density at radius 2 is 2.03 bits per heavy atom. The fourth-order valence-corrected chi connectivity index (χ4v) is 3.32. The Kier molecular flexibility index (Phi) is 5.21. The van der Waals surface area contributed by atoms with E-state index in [9.17, 15) is 10.1 Å². The summed E-state index contributed by atoms with van der Waals surface area (Å²) in [5.41, 5.74) is 4.49. The van der Waals surface area contributed by atoms with Gasteiger partial charge in [0.1, 0.15) is 18.2 Å². The molecule has 2 aromatic heterocycles. The van der Waals surface area contributed by atoms with Crippen molar-refractivity contribution in [3.63, 3.8) is 0 Å². The zero-order valence-corrected chi connectivity index (χ0v) is 16.1. The maximum Gasteiger partial charge on any atom is 0.233 e. The number of carbonyl (C=O) groups is 1. The molecule has 0 bridgehead atoms. The summed E-state index contributed by atoms with van der Waals surface area (Å²) < 4.78 is 5.93. The van der Waals surface area contributed by atoms with Crippen LogP contribution in [0, 0.1) is 18.3 Å². The second-order valence-electron chi connectivity index (χ2n) is 7.04. The first-order valence-corrected chi connectivity index (χ1v) is 9.50. The Hall–Kier alpha value is -3.72. The second-order valence-corrected chi connectivity index (χ2v) is 7.04. The number of ether oxygens (including phenoxy) is 1. The van der Waals surface area contributed by atoms with Crippen LogP contribution in [0.4, 0.5) is 0 Å². The molecule has 1 aliphatic heterocycles. The molecule has 1 aromatic carbocycles. The highest BCUT2D eigenvalue weighted by molar-refractivity contribution is 5.78. The molecule has 1 saturated heterocycles. The molecule has 1 fully saturated rings. The third kappa shape index (κ3) is 4.09. The van der Waals surface area contributed by atoms with Crippen LogP contribution in [0.2, 0.25) is 0 Å². The molecule has 0 aliphatic carbocycles. The molecule has 0 unspecified atom stereocenters. The lowest BCUT2D eigenvalue weighted by molar-refractivity contribution is -0.119.